The van der Waals surface area contributed by atoms with Gasteiger partial charge in [-0.2, -0.15) is 0 Å². The lowest BCUT2D eigenvalue weighted by Crippen LogP contribution is -2.52. The number of likely N-dealkylation sites (tertiary alicyclic amines) is 1. The van der Waals surface area contributed by atoms with Crippen LogP contribution in [0.5, 0.6) is 11.5 Å². The Morgan fingerprint density at radius 2 is 1.94 bits per heavy atom. The number of rotatable bonds is 6. The number of anilines is 1. The summed E-state index contributed by atoms with van der Waals surface area (Å²) in [6.07, 6.45) is 2.15. The zero-order chi connectivity index (χ0) is 25.2. The molecule has 1 aliphatic heterocycles. The van der Waals surface area contributed by atoms with Crippen LogP contribution in [0.1, 0.15) is 24.8 Å². The van der Waals surface area contributed by atoms with Crippen molar-refractivity contribution in [3.63, 3.8) is 0 Å². The highest BCUT2D eigenvalue weighted by Gasteiger charge is 2.46. The maximum absolute atomic E-state index is 14.6. The molecule has 2 atom stereocenters. The van der Waals surface area contributed by atoms with E-state index in [-0.39, 0.29) is 36.0 Å². The molecule has 184 valence electrons. The highest BCUT2D eigenvalue weighted by molar-refractivity contribution is 5.93. The van der Waals surface area contributed by atoms with Gasteiger partial charge in [-0.1, -0.05) is 6.07 Å². The number of H-pyrrole nitrogens is 1. The summed E-state index contributed by atoms with van der Waals surface area (Å²) in [6.45, 7) is 1.57. The molecule has 1 saturated heterocycles. The summed E-state index contributed by atoms with van der Waals surface area (Å²) in [6, 6.07) is 7.90. The first-order valence-electron chi connectivity index (χ1n) is 10.8. The Bertz CT molecular complexity index is 1250. The third-order valence-corrected chi connectivity index (χ3v) is 5.91. The standard InChI is InChI=1S/C24H22F4N4O3/c1-14(32-9-8-24(27,28)18(13-32)15-2-7-22(33)30-11-15)23(34)31-21-6-4-17(12-29-21)35-16-3-5-19(25)20(26)10-16/h2-7,10-12,14,18H,8-9,13H2,1H3,(H,30,33)(H,29,31,34)/t14-,18+/m0/s1. The van der Waals surface area contributed by atoms with Crippen LogP contribution in [0, 0.1) is 11.6 Å². The van der Waals surface area contributed by atoms with Crippen molar-refractivity contribution in [2.24, 2.45) is 0 Å². The van der Waals surface area contributed by atoms with Gasteiger partial charge in [0.2, 0.25) is 11.5 Å². The Morgan fingerprint density at radius 1 is 1.17 bits per heavy atom. The third kappa shape index (κ3) is 5.68. The number of carbonyl (C=O) groups is 1. The topological polar surface area (TPSA) is 87.3 Å². The van der Waals surface area contributed by atoms with Crippen LogP contribution >= 0.6 is 0 Å². The molecule has 7 nitrogen and oxygen atoms in total. The summed E-state index contributed by atoms with van der Waals surface area (Å²) in [5, 5.41) is 2.64. The number of aromatic amines is 1. The van der Waals surface area contributed by atoms with E-state index in [1.165, 1.54) is 42.7 Å². The highest BCUT2D eigenvalue weighted by atomic mass is 19.3. The van der Waals surface area contributed by atoms with Crippen LogP contribution in [0.4, 0.5) is 23.4 Å². The Morgan fingerprint density at radius 3 is 2.60 bits per heavy atom. The lowest BCUT2D eigenvalue weighted by atomic mass is 9.87. The molecule has 2 aromatic heterocycles. The zero-order valence-electron chi connectivity index (χ0n) is 18.6. The van der Waals surface area contributed by atoms with E-state index in [0.29, 0.717) is 5.56 Å². The van der Waals surface area contributed by atoms with Gasteiger partial charge in [-0.3, -0.25) is 14.5 Å². The molecular weight excluding hydrogens is 468 g/mol. The predicted molar refractivity (Wildman–Crippen MR) is 120 cm³/mol. The smallest absolute Gasteiger partial charge is 0.257 e. The molecule has 1 aromatic carbocycles. The number of aromatic nitrogens is 2. The van der Waals surface area contributed by atoms with Gasteiger partial charge in [0, 0.05) is 37.8 Å². The summed E-state index contributed by atoms with van der Waals surface area (Å²) >= 11 is 0. The summed E-state index contributed by atoms with van der Waals surface area (Å²) in [5.74, 6) is -6.10. The Hall–Kier alpha value is -3.73. The van der Waals surface area contributed by atoms with E-state index in [0.717, 1.165) is 12.1 Å². The summed E-state index contributed by atoms with van der Waals surface area (Å²) in [5.41, 5.74) is -0.0866. The normalized spacial score (nSPS) is 18.6. The molecule has 11 heteroatoms. The monoisotopic (exact) mass is 490 g/mol. The van der Waals surface area contributed by atoms with Crippen molar-refractivity contribution in [1.29, 1.82) is 0 Å². The van der Waals surface area contributed by atoms with Crippen molar-refractivity contribution in [3.05, 3.63) is 82.4 Å². The average Bonchev–Trinajstić information content (AvgIpc) is 2.83. The minimum atomic E-state index is -2.98. The lowest BCUT2D eigenvalue weighted by Gasteiger charge is -2.40. The van der Waals surface area contributed by atoms with Crippen LogP contribution in [0.15, 0.2) is 59.7 Å². The second-order valence-electron chi connectivity index (χ2n) is 8.27. The van der Waals surface area contributed by atoms with Gasteiger partial charge < -0.3 is 15.0 Å². The molecule has 3 heterocycles. The molecule has 0 spiro atoms. The number of nitrogens with one attached hydrogen (secondary N) is 2. The maximum atomic E-state index is 14.6. The van der Waals surface area contributed by atoms with Crippen molar-refractivity contribution in [3.8, 4) is 11.5 Å². The molecule has 1 fully saturated rings. The van der Waals surface area contributed by atoms with Crippen LogP contribution < -0.4 is 15.6 Å². The van der Waals surface area contributed by atoms with E-state index in [1.807, 2.05) is 0 Å². The van der Waals surface area contributed by atoms with Gasteiger partial charge in [-0.15, -0.1) is 0 Å². The molecule has 0 radical (unpaired) electrons. The van der Waals surface area contributed by atoms with Gasteiger partial charge in [0.25, 0.3) is 5.92 Å². The number of amides is 1. The fraction of sp³-hybridized carbons (Fsp3) is 0.292. The van der Waals surface area contributed by atoms with E-state index < -0.39 is 41.8 Å². The van der Waals surface area contributed by atoms with Crippen molar-refractivity contribution in [2.75, 3.05) is 18.4 Å². The Kier molecular flexibility index (Phi) is 6.88. The number of hydrogen-bond donors (Lipinski definition) is 2. The van der Waals surface area contributed by atoms with E-state index in [1.54, 1.807) is 11.8 Å². The number of nitrogens with zero attached hydrogens (tertiary/aromatic N) is 2. The molecule has 4 rings (SSSR count). The number of ether oxygens (including phenoxy) is 1. The SMILES string of the molecule is C[C@@H](C(=O)Nc1ccc(Oc2ccc(F)c(F)c2)cn1)N1CCC(F)(F)[C@@H](c2ccc(=O)[nH]c2)C1. The van der Waals surface area contributed by atoms with Crippen molar-refractivity contribution < 1.29 is 27.1 Å². The highest BCUT2D eigenvalue weighted by Crippen LogP contribution is 2.40. The van der Waals surface area contributed by atoms with Gasteiger partial charge in [-0.05, 0) is 36.8 Å². The fourth-order valence-electron chi connectivity index (χ4n) is 3.85. The number of halogens is 4. The van der Waals surface area contributed by atoms with Gasteiger partial charge in [0.05, 0.1) is 18.2 Å². The molecule has 0 aliphatic carbocycles. The van der Waals surface area contributed by atoms with Crippen LogP contribution in [0.25, 0.3) is 0 Å². The fourth-order valence-corrected chi connectivity index (χ4v) is 3.85. The second kappa shape index (κ2) is 9.87. The van der Waals surface area contributed by atoms with Gasteiger partial charge in [0.1, 0.15) is 17.3 Å². The third-order valence-electron chi connectivity index (χ3n) is 5.91. The predicted octanol–water partition coefficient (Wildman–Crippen LogP) is 4.29. The minimum absolute atomic E-state index is 0.0237. The quantitative estimate of drug-likeness (QED) is 0.504. The number of hydrogen-bond acceptors (Lipinski definition) is 5. The molecule has 3 aromatic rings. The zero-order valence-corrected chi connectivity index (χ0v) is 18.6. The Balaban J connectivity index is 1.38. The first kappa shape index (κ1) is 24.4. The summed E-state index contributed by atoms with van der Waals surface area (Å²) < 4.78 is 61.0. The molecular formula is C24H22F4N4O3. The van der Waals surface area contributed by atoms with Crippen LogP contribution in [0.2, 0.25) is 0 Å². The van der Waals surface area contributed by atoms with Crippen LogP contribution in [-0.4, -0.2) is 45.8 Å². The van der Waals surface area contributed by atoms with Crippen molar-refractivity contribution in [2.45, 2.75) is 31.2 Å². The van der Waals surface area contributed by atoms with Crippen molar-refractivity contribution in [1.82, 2.24) is 14.9 Å². The van der Waals surface area contributed by atoms with Gasteiger partial charge >= 0.3 is 0 Å². The summed E-state index contributed by atoms with van der Waals surface area (Å²) in [4.78, 5) is 32.2. The number of benzene rings is 1. The van der Waals surface area contributed by atoms with E-state index in [4.69, 9.17) is 4.74 Å². The first-order chi connectivity index (χ1) is 16.6. The molecule has 35 heavy (non-hydrogen) atoms. The van der Waals surface area contributed by atoms with Crippen LogP contribution in [-0.2, 0) is 4.79 Å². The summed E-state index contributed by atoms with van der Waals surface area (Å²) in [7, 11) is 0. The number of carbonyl (C=O) groups excluding carboxylic acids is 1. The number of pyridine rings is 2. The minimum Gasteiger partial charge on any atom is -0.456 e. The van der Waals surface area contributed by atoms with E-state index >= 15 is 0 Å². The van der Waals surface area contributed by atoms with Crippen molar-refractivity contribution >= 4 is 11.7 Å². The number of piperidine rings is 1. The second-order valence-corrected chi connectivity index (χ2v) is 8.27. The number of alkyl halides is 2. The molecule has 1 aliphatic rings. The lowest BCUT2D eigenvalue weighted by molar-refractivity contribution is -0.125. The molecule has 1 amide bonds. The average molecular weight is 490 g/mol. The van der Waals surface area contributed by atoms with E-state index in [9.17, 15) is 27.2 Å². The van der Waals surface area contributed by atoms with Gasteiger partial charge in [0.15, 0.2) is 11.6 Å². The molecule has 0 unspecified atom stereocenters. The molecule has 2 N–H and O–H groups in total. The molecule has 0 bridgehead atoms. The largest absolute Gasteiger partial charge is 0.456 e. The van der Waals surface area contributed by atoms with Crippen LogP contribution in [0.3, 0.4) is 0 Å². The first-order valence-corrected chi connectivity index (χ1v) is 10.8. The van der Waals surface area contributed by atoms with E-state index in [2.05, 4.69) is 15.3 Å². The molecule has 0 saturated carbocycles. The van der Waals surface area contributed by atoms with Gasteiger partial charge in [-0.25, -0.2) is 22.5 Å². The maximum Gasteiger partial charge on any atom is 0.257 e. The Labute approximate surface area is 197 Å².